The van der Waals surface area contributed by atoms with E-state index < -0.39 is 11.0 Å². The van der Waals surface area contributed by atoms with Crippen LogP contribution in [0.5, 0.6) is 0 Å². The zero-order valence-corrected chi connectivity index (χ0v) is 12.6. The Morgan fingerprint density at radius 1 is 1.48 bits per heavy atom. The number of hydrogen-bond acceptors (Lipinski definition) is 7. The third-order valence-electron chi connectivity index (χ3n) is 3.86. The average Bonchev–Trinajstić information content (AvgIpc) is 2.59. The van der Waals surface area contributed by atoms with Crippen molar-refractivity contribution >= 4 is 17.4 Å². The number of aromatic nitrogens is 1. The van der Waals surface area contributed by atoms with E-state index in [1.165, 1.54) is 12.3 Å². The lowest BCUT2D eigenvalue weighted by atomic mass is 9.96. The maximum absolute atomic E-state index is 12.0. The van der Waals surface area contributed by atoms with E-state index in [4.69, 9.17) is 5.11 Å². The number of rotatable bonds is 6. The summed E-state index contributed by atoms with van der Waals surface area (Å²) in [5.74, 6) is 0.383. The number of piperidine rings is 1. The smallest absolute Gasteiger partial charge is 0.287 e. The molecule has 1 amide bonds. The second-order valence-electron chi connectivity index (χ2n) is 5.47. The standard InChI is InChI=1S/C14H20N4O5/c19-9-12(20)8-16-14(21)10-3-5-17(6-4-10)13-2-1-11(7-15-13)18(22)23/h1-2,7,10,12,19-20H,3-6,8-9H2,(H,16,21). The van der Waals surface area contributed by atoms with Gasteiger partial charge in [-0.3, -0.25) is 14.9 Å². The first-order valence-corrected chi connectivity index (χ1v) is 7.43. The Hall–Kier alpha value is -2.26. The molecular weight excluding hydrogens is 304 g/mol. The van der Waals surface area contributed by atoms with Gasteiger partial charge in [-0.25, -0.2) is 4.98 Å². The first-order chi connectivity index (χ1) is 11.0. The second kappa shape index (κ2) is 7.84. The van der Waals surface area contributed by atoms with Crippen molar-refractivity contribution in [2.75, 3.05) is 31.1 Å². The highest BCUT2D eigenvalue weighted by atomic mass is 16.6. The molecule has 0 saturated carbocycles. The molecule has 1 atom stereocenters. The Labute approximate surface area is 133 Å². The van der Waals surface area contributed by atoms with Gasteiger partial charge in [0.25, 0.3) is 5.69 Å². The van der Waals surface area contributed by atoms with Gasteiger partial charge in [0.2, 0.25) is 5.91 Å². The van der Waals surface area contributed by atoms with Gasteiger partial charge in [-0.05, 0) is 18.9 Å². The van der Waals surface area contributed by atoms with E-state index in [0.29, 0.717) is 31.7 Å². The number of carbonyl (C=O) groups is 1. The molecule has 1 aromatic rings. The maximum Gasteiger partial charge on any atom is 0.287 e. The number of nitrogens with zero attached hydrogens (tertiary/aromatic N) is 3. The fourth-order valence-corrected chi connectivity index (χ4v) is 2.47. The SMILES string of the molecule is O=C(NCC(O)CO)C1CCN(c2ccc([N+](=O)[O-])cn2)CC1. The zero-order chi connectivity index (χ0) is 16.8. The van der Waals surface area contributed by atoms with Crippen molar-refractivity contribution in [3.05, 3.63) is 28.4 Å². The van der Waals surface area contributed by atoms with Gasteiger partial charge in [0, 0.05) is 31.6 Å². The maximum atomic E-state index is 12.0. The van der Waals surface area contributed by atoms with Crippen LogP contribution in [-0.4, -0.2) is 58.4 Å². The van der Waals surface area contributed by atoms with Gasteiger partial charge in [0.05, 0.1) is 17.6 Å². The van der Waals surface area contributed by atoms with Crippen molar-refractivity contribution < 1.29 is 19.9 Å². The zero-order valence-electron chi connectivity index (χ0n) is 12.6. The summed E-state index contributed by atoms with van der Waals surface area (Å²) in [5, 5.41) is 31.2. The van der Waals surface area contributed by atoms with Gasteiger partial charge < -0.3 is 20.4 Å². The molecule has 1 aromatic heterocycles. The van der Waals surface area contributed by atoms with Gasteiger partial charge in [0.1, 0.15) is 12.0 Å². The summed E-state index contributed by atoms with van der Waals surface area (Å²) in [6.07, 6.45) is 1.56. The van der Waals surface area contributed by atoms with Gasteiger partial charge in [-0.2, -0.15) is 0 Å². The van der Waals surface area contributed by atoms with Crippen molar-refractivity contribution in [3.63, 3.8) is 0 Å². The van der Waals surface area contributed by atoms with E-state index in [-0.39, 0.29) is 30.7 Å². The summed E-state index contributed by atoms with van der Waals surface area (Å²) < 4.78 is 0. The Kier molecular flexibility index (Phi) is 5.83. The number of aliphatic hydroxyl groups is 2. The number of amides is 1. The lowest BCUT2D eigenvalue weighted by Crippen LogP contribution is -2.43. The molecule has 9 heteroatoms. The number of nitrogens with one attached hydrogen (secondary N) is 1. The largest absolute Gasteiger partial charge is 0.394 e. The number of pyridine rings is 1. The van der Waals surface area contributed by atoms with Crippen molar-refractivity contribution in [2.45, 2.75) is 18.9 Å². The van der Waals surface area contributed by atoms with Crippen LogP contribution in [0, 0.1) is 16.0 Å². The van der Waals surface area contributed by atoms with Crippen LogP contribution in [0.3, 0.4) is 0 Å². The molecule has 0 spiro atoms. The molecule has 9 nitrogen and oxygen atoms in total. The third-order valence-corrected chi connectivity index (χ3v) is 3.86. The molecule has 1 saturated heterocycles. The third kappa shape index (κ3) is 4.60. The summed E-state index contributed by atoms with van der Waals surface area (Å²) >= 11 is 0. The number of anilines is 1. The number of hydrogen-bond donors (Lipinski definition) is 3. The van der Waals surface area contributed by atoms with Gasteiger partial charge in [0.15, 0.2) is 0 Å². The summed E-state index contributed by atoms with van der Waals surface area (Å²) in [6.45, 7) is 0.918. The van der Waals surface area contributed by atoms with Gasteiger partial charge in [-0.15, -0.1) is 0 Å². The van der Waals surface area contributed by atoms with E-state index >= 15 is 0 Å². The van der Waals surface area contributed by atoms with Crippen LogP contribution in [0.1, 0.15) is 12.8 Å². The van der Waals surface area contributed by atoms with Crippen LogP contribution in [-0.2, 0) is 4.79 Å². The fraction of sp³-hybridized carbons (Fsp3) is 0.571. The Morgan fingerprint density at radius 3 is 2.70 bits per heavy atom. The molecule has 0 radical (unpaired) electrons. The normalized spacial score (nSPS) is 16.9. The first-order valence-electron chi connectivity index (χ1n) is 7.43. The molecule has 2 rings (SSSR count). The summed E-state index contributed by atoms with van der Waals surface area (Å²) in [6, 6.07) is 3.02. The highest BCUT2D eigenvalue weighted by molar-refractivity contribution is 5.79. The van der Waals surface area contributed by atoms with Crippen LogP contribution < -0.4 is 10.2 Å². The van der Waals surface area contributed by atoms with Gasteiger partial charge in [-0.1, -0.05) is 0 Å². The first kappa shape index (κ1) is 17.1. The number of carbonyl (C=O) groups excluding carboxylic acids is 1. The van der Waals surface area contributed by atoms with Crippen LogP contribution in [0.25, 0.3) is 0 Å². The van der Waals surface area contributed by atoms with Crippen LogP contribution >= 0.6 is 0 Å². The molecule has 1 aliphatic rings. The fourth-order valence-electron chi connectivity index (χ4n) is 2.47. The monoisotopic (exact) mass is 324 g/mol. The Bertz CT molecular complexity index is 543. The van der Waals surface area contributed by atoms with Crippen molar-refractivity contribution in [1.82, 2.24) is 10.3 Å². The molecule has 1 unspecified atom stereocenters. The quantitative estimate of drug-likeness (QED) is 0.483. The molecule has 2 heterocycles. The lowest BCUT2D eigenvalue weighted by Gasteiger charge is -2.32. The van der Waals surface area contributed by atoms with Crippen molar-refractivity contribution in [3.8, 4) is 0 Å². The molecule has 0 aromatic carbocycles. The minimum Gasteiger partial charge on any atom is -0.394 e. The predicted octanol–water partition coefficient (Wildman–Crippen LogP) is -0.324. The highest BCUT2D eigenvalue weighted by Crippen LogP contribution is 2.23. The summed E-state index contributed by atoms with van der Waals surface area (Å²) in [4.78, 5) is 28.2. The van der Waals surface area contributed by atoms with E-state index in [0.717, 1.165) is 0 Å². The Balaban J connectivity index is 1.83. The molecule has 3 N–H and O–H groups in total. The second-order valence-corrected chi connectivity index (χ2v) is 5.47. The van der Waals surface area contributed by atoms with E-state index in [1.54, 1.807) is 6.07 Å². The molecule has 1 aliphatic heterocycles. The van der Waals surface area contributed by atoms with Crippen LogP contribution in [0.4, 0.5) is 11.5 Å². The minimum atomic E-state index is -0.941. The topological polar surface area (TPSA) is 129 Å². The molecule has 126 valence electrons. The summed E-state index contributed by atoms with van der Waals surface area (Å²) in [7, 11) is 0. The predicted molar refractivity (Wildman–Crippen MR) is 81.9 cm³/mol. The number of aliphatic hydroxyl groups excluding tert-OH is 2. The van der Waals surface area contributed by atoms with Crippen LogP contribution in [0.2, 0.25) is 0 Å². The van der Waals surface area contributed by atoms with Gasteiger partial charge >= 0.3 is 0 Å². The molecule has 1 fully saturated rings. The van der Waals surface area contributed by atoms with E-state index in [2.05, 4.69) is 10.3 Å². The van der Waals surface area contributed by atoms with Crippen molar-refractivity contribution in [1.29, 1.82) is 0 Å². The average molecular weight is 324 g/mol. The molecular formula is C14H20N4O5. The molecule has 0 bridgehead atoms. The van der Waals surface area contributed by atoms with E-state index in [9.17, 15) is 20.0 Å². The van der Waals surface area contributed by atoms with E-state index in [1.807, 2.05) is 4.90 Å². The molecule has 0 aliphatic carbocycles. The van der Waals surface area contributed by atoms with Crippen LogP contribution in [0.15, 0.2) is 18.3 Å². The number of nitro groups is 1. The Morgan fingerprint density at radius 2 is 2.17 bits per heavy atom. The lowest BCUT2D eigenvalue weighted by molar-refractivity contribution is -0.385. The van der Waals surface area contributed by atoms with Crippen molar-refractivity contribution in [2.24, 2.45) is 5.92 Å². The highest BCUT2D eigenvalue weighted by Gasteiger charge is 2.26. The molecule has 23 heavy (non-hydrogen) atoms. The summed E-state index contributed by atoms with van der Waals surface area (Å²) in [5.41, 5.74) is -0.0505. The minimum absolute atomic E-state index is 0.0411.